The molecule has 0 aliphatic rings. The maximum absolute atomic E-state index is 11.8. The minimum atomic E-state index is -0.542. The molecule has 29 heavy (non-hydrogen) atoms. The Morgan fingerprint density at radius 1 is 0.655 bits per heavy atom. The van der Waals surface area contributed by atoms with E-state index in [1.165, 1.54) is 19.9 Å². The van der Waals surface area contributed by atoms with Gasteiger partial charge in [-0.2, -0.15) is 0 Å². The lowest BCUT2D eigenvalue weighted by molar-refractivity contribution is 0.100. The van der Waals surface area contributed by atoms with E-state index < -0.39 is 5.63 Å². The van der Waals surface area contributed by atoms with Crippen molar-refractivity contribution in [2.24, 2.45) is 0 Å². The molecule has 0 saturated carbocycles. The fraction of sp³-hybridized carbons (Fsp3) is 0.0800. The zero-order valence-corrected chi connectivity index (χ0v) is 15.9. The number of Topliss-reactive ketones (excluding diaryl/α,β-unsaturated/α-hetero) is 2. The Hall–Kier alpha value is -4.15. The van der Waals surface area contributed by atoms with Gasteiger partial charge in [0, 0.05) is 39.9 Å². The van der Waals surface area contributed by atoms with Gasteiger partial charge in [0.15, 0.2) is 17.3 Å². The van der Waals surface area contributed by atoms with Crippen molar-refractivity contribution in [3.05, 3.63) is 105 Å². The minimum absolute atomic E-state index is 0.00988. The average molecular weight is 380 g/mol. The van der Waals surface area contributed by atoms with Crippen molar-refractivity contribution >= 4 is 11.6 Å². The standard InChI is InChI=1S/C25H16O4/c1-17(26)22-10-5-19(6-11-22)3-4-21-15-24(29-25(28)16-21)14-9-20-7-12-23(13-8-20)18(2)27/h5-8,10-13,15-16H,1-2H3. The third-order valence-electron chi connectivity index (χ3n) is 4.03. The van der Waals surface area contributed by atoms with Gasteiger partial charge in [0.1, 0.15) is 0 Å². The average Bonchev–Trinajstić information content (AvgIpc) is 2.71. The van der Waals surface area contributed by atoms with Gasteiger partial charge in [-0.25, -0.2) is 4.79 Å². The number of rotatable bonds is 2. The normalized spacial score (nSPS) is 9.59. The van der Waals surface area contributed by atoms with Crippen molar-refractivity contribution < 1.29 is 14.0 Å². The molecule has 1 heterocycles. The van der Waals surface area contributed by atoms with E-state index in [4.69, 9.17) is 4.42 Å². The third-order valence-corrected chi connectivity index (χ3v) is 4.03. The summed E-state index contributed by atoms with van der Waals surface area (Å²) >= 11 is 0. The Labute approximate surface area is 168 Å². The summed E-state index contributed by atoms with van der Waals surface area (Å²) in [5.74, 6) is 11.7. The van der Waals surface area contributed by atoms with Crippen LogP contribution in [0.2, 0.25) is 0 Å². The number of hydrogen-bond acceptors (Lipinski definition) is 4. The van der Waals surface area contributed by atoms with Crippen LogP contribution in [-0.2, 0) is 0 Å². The van der Waals surface area contributed by atoms with Crippen molar-refractivity contribution in [1.82, 2.24) is 0 Å². The van der Waals surface area contributed by atoms with Gasteiger partial charge >= 0.3 is 5.63 Å². The molecule has 0 amide bonds. The van der Waals surface area contributed by atoms with Crippen LogP contribution in [0.1, 0.15) is 57.0 Å². The van der Waals surface area contributed by atoms with Gasteiger partial charge in [-0.15, -0.1) is 0 Å². The van der Waals surface area contributed by atoms with Crippen LogP contribution >= 0.6 is 0 Å². The molecule has 3 aromatic rings. The predicted molar refractivity (Wildman–Crippen MR) is 110 cm³/mol. The fourth-order valence-electron chi connectivity index (χ4n) is 2.47. The Morgan fingerprint density at radius 2 is 1.10 bits per heavy atom. The Bertz CT molecular complexity index is 1160. The number of hydrogen-bond donors (Lipinski definition) is 0. The predicted octanol–water partition coefficient (Wildman–Crippen LogP) is 3.84. The second kappa shape index (κ2) is 8.69. The van der Waals surface area contributed by atoms with E-state index in [2.05, 4.69) is 23.7 Å². The zero-order chi connectivity index (χ0) is 20.8. The molecule has 0 N–H and O–H groups in total. The van der Waals surface area contributed by atoms with Crippen LogP contribution in [0, 0.1) is 23.7 Å². The van der Waals surface area contributed by atoms with Crippen molar-refractivity contribution in [1.29, 1.82) is 0 Å². The topological polar surface area (TPSA) is 64.3 Å². The Balaban J connectivity index is 1.83. The summed E-state index contributed by atoms with van der Waals surface area (Å²) in [7, 11) is 0. The van der Waals surface area contributed by atoms with E-state index in [9.17, 15) is 14.4 Å². The lowest BCUT2D eigenvalue weighted by atomic mass is 10.1. The summed E-state index contributed by atoms with van der Waals surface area (Å²) < 4.78 is 5.11. The largest absolute Gasteiger partial charge is 0.414 e. The molecule has 0 aliphatic heterocycles. The van der Waals surface area contributed by atoms with E-state index in [-0.39, 0.29) is 17.3 Å². The van der Waals surface area contributed by atoms with Crippen molar-refractivity contribution in [2.45, 2.75) is 13.8 Å². The Kier molecular flexibility index (Phi) is 5.88. The van der Waals surface area contributed by atoms with Crippen LogP contribution < -0.4 is 5.63 Å². The molecule has 0 radical (unpaired) electrons. The number of ketones is 2. The molecule has 0 unspecified atom stereocenters. The quantitative estimate of drug-likeness (QED) is 0.500. The highest BCUT2D eigenvalue weighted by Crippen LogP contribution is 2.06. The van der Waals surface area contributed by atoms with Gasteiger partial charge in [-0.05, 0) is 44.0 Å². The van der Waals surface area contributed by atoms with Gasteiger partial charge in [-0.3, -0.25) is 9.59 Å². The number of benzene rings is 2. The van der Waals surface area contributed by atoms with Crippen molar-refractivity contribution in [2.75, 3.05) is 0 Å². The van der Waals surface area contributed by atoms with Gasteiger partial charge in [0.25, 0.3) is 0 Å². The SMILES string of the molecule is CC(=O)c1ccc(C#Cc2cc(C#Cc3ccc(C(C)=O)cc3)oc(=O)c2)cc1. The first kappa shape index (κ1) is 19.6. The monoisotopic (exact) mass is 380 g/mol. The lowest BCUT2D eigenvalue weighted by Gasteiger charge is -1.95. The fourth-order valence-corrected chi connectivity index (χ4v) is 2.47. The second-order valence-electron chi connectivity index (χ2n) is 6.30. The molecule has 1 aromatic heterocycles. The zero-order valence-electron chi connectivity index (χ0n) is 15.9. The molecule has 2 aromatic carbocycles. The summed E-state index contributed by atoms with van der Waals surface area (Å²) in [4.78, 5) is 34.4. The molecule has 4 nitrogen and oxygen atoms in total. The van der Waals surface area contributed by atoms with Gasteiger partial charge in [-0.1, -0.05) is 42.0 Å². The van der Waals surface area contributed by atoms with E-state index >= 15 is 0 Å². The van der Waals surface area contributed by atoms with E-state index in [0.717, 1.165) is 5.56 Å². The van der Waals surface area contributed by atoms with Crippen LogP contribution in [0.5, 0.6) is 0 Å². The van der Waals surface area contributed by atoms with Gasteiger partial charge < -0.3 is 4.42 Å². The molecule has 0 bridgehead atoms. The summed E-state index contributed by atoms with van der Waals surface area (Å²) in [6.45, 7) is 3.00. The van der Waals surface area contributed by atoms with Crippen LogP contribution in [-0.4, -0.2) is 11.6 Å². The highest BCUT2D eigenvalue weighted by molar-refractivity contribution is 5.94. The summed E-state index contributed by atoms with van der Waals surface area (Å²) in [6.07, 6.45) is 0. The van der Waals surface area contributed by atoms with Crippen LogP contribution in [0.3, 0.4) is 0 Å². The second-order valence-corrected chi connectivity index (χ2v) is 6.30. The van der Waals surface area contributed by atoms with E-state index in [0.29, 0.717) is 22.3 Å². The molecule has 0 spiro atoms. The summed E-state index contributed by atoms with van der Waals surface area (Å²) in [5, 5.41) is 0. The van der Waals surface area contributed by atoms with Gasteiger partial charge in [0.05, 0.1) is 0 Å². The highest BCUT2D eigenvalue weighted by Gasteiger charge is 2.00. The summed E-state index contributed by atoms with van der Waals surface area (Å²) in [6, 6.07) is 16.7. The Morgan fingerprint density at radius 3 is 1.59 bits per heavy atom. The van der Waals surface area contributed by atoms with Crippen LogP contribution in [0.4, 0.5) is 0 Å². The summed E-state index contributed by atoms with van der Waals surface area (Å²) in [5.41, 5.74) is 2.58. The third kappa shape index (κ3) is 5.42. The maximum atomic E-state index is 11.8. The lowest BCUT2D eigenvalue weighted by Crippen LogP contribution is -1.99. The van der Waals surface area contributed by atoms with Crippen LogP contribution in [0.25, 0.3) is 0 Å². The molecule has 3 rings (SSSR count). The molecular weight excluding hydrogens is 364 g/mol. The molecule has 4 heteroatoms. The van der Waals surface area contributed by atoms with Crippen molar-refractivity contribution in [3.8, 4) is 23.7 Å². The first-order valence-corrected chi connectivity index (χ1v) is 8.82. The first-order chi connectivity index (χ1) is 13.9. The first-order valence-electron chi connectivity index (χ1n) is 8.82. The van der Waals surface area contributed by atoms with Gasteiger partial charge in [0.2, 0.25) is 0 Å². The number of carbonyl (C=O) groups excluding carboxylic acids is 2. The van der Waals surface area contributed by atoms with E-state index in [1.54, 1.807) is 54.6 Å². The highest BCUT2D eigenvalue weighted by atomic mass is 16.4. The van der Waals surface area contributed by atoms with Crippen molar-refractivity contribution in [3.63, 3.8) is 0 Å². The molecular formula is C25H16O4. The molecule has 0 saturated heterocycles. The maximum Gasteiger partial charge on any atom is 0.338 e. The minimum Gasteiger partial charge on any atom is -0.414 e. The number of carbonyl (C=O) groups is 2. The van der Waals surface area contributed by atoms with E-state index in [1.807, 2.05) is 0 Å². The molecule has 0 aliphatic carbocycles. The molecule has 0 fully saturated rings. The molecule has 0 atom stereocenters. The smallest absolute Gasteiger partial charge is 0.338 e. The molecule has 140 valence electrons. The van der Waals surface area contributed by atoms with Crippen LogP contribution in [0.15, 0.2) is 69.9 Å².